The molecule has 0 saturated carbocycles. The maximum Gasteiger partial charge on any atom is 0.161 e. The topological polar surface area (TPSA) is 30.9 Å². The van der Waals surface area contributed by atoms with E-state index in [9.17, 15) is 0 Å². The zero-order valence-corrected chi connectivity index (χ0v) is 13.2. The van der Waals surface area contributed by atoms with Crippen LogP contribution in [0.5, 0.6) is 11.5 Å². The third-order valence-corrected chi connectivity index (χ3v) is 5.24. The van der Waals surface area contributed by atoms with Crippen LogP contribution < -0.4 is 9.47 Å². The van der Waals surface area contributed by atoms with Crippen LogP contribution in [0.15, 0.2) is 36.4 Å². The van der Waals surface area contributed by atoms with Crippen LogP contribution >= 0.6 is 0 Å². The van der Waals surface area contributed by atoms with E-state index in [1.54, 1.807) is 14.2 Å². The van der Waals surface area contributed by atoms with Gasteiger partial charge in [0.05, 0.1) is 32.3 Å². The Kier molecular flexibility index (Phi) is 3.06. The number of allylic oxidation sites excluding steroid dienone is 2. The van der Waals surface area contributed by atoms with Crippen molar-refractivity contribution < 1.29 is 14.2 Å². The molecule has 2 aliphatic heterocycles. The number of methoxy groups -OCH3 is 2. The minimum atomic E-state index is -0.128. The monoisotopic (exact) mass is 299 g/mol. The lowest BCUT2D eigenvalue weighted by atomic mass is 9.67. The number of hydrogen-bond donors (Lipinski definition) is 0. The van der Waals surface area contributed by atoms with E-state index >= 15 is 0 Å². The van der Waals surface area contributed by atoms with Crippen LogP contribution in [0.4, 0.5) is 0 Å². The first-order chi connectivity index (χ1) is 10.7. The van der Waals surface area contributed by atoms with E-state index < -0.39 is 0 Å². The number of benzene rings is 1. The Morgan fingerprint density at radius 2 is 1.95 bits per heavy atom. The number of rotatable bonds is 2. The molecule has 1 aliphatic carbocycles. The smallest absolute Gasteiger partial charge is 0.161 e. The van der Waals surface area contributed by atoms with Crippen LogP contribution in [0.1, 0.15) is 11.1 Å². The lowest BCUT2D eigenvalue weighted by Gasteiger charge is -2.43. The highest BCUT2D eigenvalue weighted by Gasteiger charge is 2.55. The van der Waals surface area contributed by atoms with Crippen molar-refractivity contribution in [2.24, 2.45) is 0 Å². The summed E-state index contributed by atoms with van der Waals surface area (Å²) in [5.74, 6) is 1.55. The van der Waals surface area contributed by atoms with Gasteiger partial charge in [-0.25, -0.2) is 0 Å². The Balaban J connectivity index is 1.94. The van der Waals surface area contributed by atoms with Crippen molar-refractivity contribution >= 4 is 0 Å². The van der Waals surface area contributed by atoms with Crippen molar-refractivity contribution in [2.45, 2.75) is 24.2 Å². The zero-order chi connectivity index (χ0) is 15.3. The summed E-state index contributed by atoms with van der Waals surface area (Å²) in [6, 6.07) is 4.51. The fraction of sp³-hybridized carbons (Fsp3) is 0.444. The van der Waals surface area contributed by atoms with Gasteiger partial charge in [0.15, 0.2) is 11.5 Å². The molecule has 1 spiro atoms. The van der Waals surface area contributed by atoms with Crippen molar-refractivity contribution in [1.82, 2.24) is 4.90 Å². The van der Waals surface area contributed by atoms with Gasteiger partial charge in [0.2, 0.25) is 0 Å². The van der Waals surface area contributed by atoms with Gasteiger partial charge in [0.25, 0.3) is 0 Å². The molecule has 1 aromatic carbocycles. The summed E-state index contributed by atoms with van der Waals surface area (Å²) in [5.41, 5.74) is 2.36. The standard InChI is InChI=1S/C18H21NO3/c1-19-10-17-18(7-5-4-6-16(18)19)13-9-15(21-3)14(20-2)8-12(13)11-22-17/h4-9,16-17H,10-11H2,1-3H3/t16-,17-,18+/m1/s1. The second-order valence-electron chi connectivity index (χ2n) is 6.23. The van der Waals surface area contributed by atoms with Gasteiger partial charge in [0, 0.05) is 12.6 Å². The van der Waals surface area contributed by atoms with E-state index in [1.165, 1.54) is 11.1 Å². The van der Waals surface area contributed by atoms with Gasteiger partial charge < -0.3 is 14.2 Å². The SMILES string of the molecule is COc1cc2c(cc1OC)[C@@]13C=CC=C[C@H]1N(C)C[C@H]3OC2. The van der Waals surface area contributed by atoms with Gasteiger partial charge in [-0.3, -0.25) is 4.90 Å². The van der Waals surface area contributed by atoms with E-state index in [0.717, 1.165) is 18.0 Å². The predicted molar refractivity (Wildman–Crippen MR) is 84.5 cm³/mol. The number of hydrogen-bond acceptors (Lipinski definition) is 4. The van der Waals surface area contributed by atoms with Gasteiger partial charge >= 0.3 is 0 Å². The summed E-state index contributed by atoms with van der Waals surface area (Å²) < 4.78 is 17.2. The number of nitrogens with zero attached hydrogens (tertiary/aromatic N) is 1. The maximum atomic E-state index is 6.21. The van der Waals surface area contributed by atoms with E-state index in [0.29, 0.717) is 12.6 Å². The van der Waals surface area contributed by atoms with Gasteiger partial charge in [-0.15, -0.1) is 0 Å². The Bertz CT molecular complexity index is 667. The molecule has 0 radical (unpaired) electrons. The van der Waals surface area contributed by atoms with Crippen molar-refractivity contribution in [1.29, 1.82) is 0 Å². The summed E-state index contributed by atoms with van der Waals surface area (Å²) in [4.78, 5) is 2.37. The molecule has 3 aliphatic rings. The van der Waals surface area contributed by atoms with E-state index in [4.69, 9.17) is 14.2 Å². The minimum Gasteiger partial charge on any atom is -0.493 e. The fourth-order valence-corrected chi connectivity index (χ4v) is 4.22. The Morgan fingerprint density at radius 3 is 2.73 bits per heavy atom. The normalized spacial score (nSPS) is 32.3. The molecule has 0 N–H and O–H groups in total. The Morgan fingerprint density at radius 1 is 1.18 bits per heavy atom. The molecule has 22 heavy (non-hydrogen) atoms. The second kappa shape index (κ2) is 4.86. The third kappa shape index (κ3) is 1.65. The first kappa shape index (κ1) is 13.9. The Hall–Kier alpha value is -1.78. The van der Waals surface area contributed by atoms with Crippen LogP contribution in [0.3, 0.4) is 0 Å². The lowest BCUT2D eigenvalue weighted by Crippen LogP contribution is -2.48. The molecule has 4 heteroatoms. The molecule has 0 aromatic heterocycles. The van der Waals surface area contributed by atoms with Crippen molar-refractivity contribution in [2.75, 3.05) is 27.8 Å². The quantitative estimate of drug-likeness (QED) is 0.838. The molecule has 1 saturated heterocycles. The average molecular weight is 299 g/mol. The average Bonchev–Trinajstić information content (AvgIpc) is 2.86. The Labute approximate surface area is 131 Å². The van der Waals surface area contributed by atoms with Crippen molar-refractivity contribution in [3.05, 3.63) is 47.6 Å². The van der Waals surface area contributed by atoms with Crippen LogP contribution in [-0.4, -0.2) is 44.9 Å². The maximum absolute atomic E-state index is 6.21. The molecule has 1 fully saturated rings. The van der Waals surface area contributed by atoms with Crippen LogP contribution in [0, 0.1) is 0 Å². The van der Waals surface area contributed by atoms with Gasteiger partial charge in [-0.2, -0.15) is 0 Å². The largest absolute Gasteiger partial charge is 0.493 e. The second-order valence-corrected chi connectivity index (χ2v) is 6.23. The number of likely N-dealkylation sites (N-methyl/N-ethyl adjacent to an activating group) is 1. The molecular formula is C18H21NO3. The summed E-state index contributed by atoms with van der Waals surface area (Å²) in [7, 11) is 5.52. The van der Waals surface area contributed by atoms with Crippen molar-refractivity contribution in [3.63, 3.8) is 0 Å². The summed E-state index contributed by atoms with van der Waals surface area (Å²) in [6.07, 6.45) is 9.02. The zero-order valence-electron chi connectivity index (χ0n) is 13.2. The highest BCUT2D eigenvalue weighted by molar-refractivity contribution is 5.56. The van der Waals surface area contributed by atoms with Crippen molar-refractivity contribution in [3.8, 4) is 11.5 Å². The first-order valence-electron chi connectivity index (χ1n) is 7.64. The lowest BCUT2D eigenvalue weighted by molar-refractivity contribution is 0.00468. The minimum absolute atomic E-state index is 0.128. The summed E-state index contributed by atoms with van der Waals surface area (Å²) in [5, 5.41) is 0. The predicted octanol–water partition coefficient (Wildman–Crippen LogP) is 2.28. The molecule has 0 unspecified atom stereocenters. The number of ether oxygens (including phenoxy) is 3. The summed E-state index contributed by atoms with van der Waals surface area (Å²) >= 11 is 0. The molecule has 3 atom stereocenters. The molecule has 4 rings (SSSR count). The highest BCUT2D eigenvalue weighted by Crippen LogP contribution is 2.50. The summed E-state index contributed by atoms with van der Waals surface area (Å²) in [6.45, 7) is 1.56. The van der Waals surface area contributed by atoms with Gasteiger partial charge in [0.1, 0.15) is 0 Å². The van der Waals surface area contributed by atoms with E-state index in [-0.39, 0.29) is 11.5 Å². The molecule has 2 heterocycles. The van der Waals surface area contributed by atoms with Crippen LogP contribution in [-0.2, 0) is 16.8 Å². The molecule has 4 nitrogen and oxygen atoms in total. The number of likely N-dealkylation sites (tertiary alicyclic amines) is 1. The highest BCUT2D eigenvalue weighted by atomic mass is 16.5. The van der Waals surface area contributed by atoms with Gasteiger partial charge in [-0.1, -0.05) is 24.3 Å². The fourth-order valence-electron chi connectivity index (χ4n) is 4.22. The molecule has 116 valence electrons. The molecule has 0 bridgehead atoms. The molecule has 1 aromatic rings. The third-order valence-electron chi connectivity index (χ3n) is 5.24. The van der Waals surface area contributed by atoms with Crippen LogP contribution in [0.2, 0.25) is 0 Å². The number of fused-ring (bicyclic) bond motifs is 1. The van der Waals surface area contributed by atoms with E-state index in [2.05, 4.69) is 48.4 Å². The molecule has 0 amide bonds. The van der Waals surface area contributed by atoms with Crippen LogP contribution in [0.25, 0.3) is 0 Å². The molecular weight excluding hydrogens is 278 g/mol. The van der Waals surface area contributed by atoms with Gasteiger partial charge in [-0.05, 0) is 30.3 Å². The van der Waals surface area contributed by atoms with E-state index in [1.807, 2.05) is 0 Å². The first-order valence-corrected chi connectivity index (χ1v) is 7.64.